The fraction of sp³-hybridized carbons (Fsp3) is 1.00. The molecule has 1 aliphatic heterocycles. The topological polar surface area (TPSA) is 38.5 Å². The normalized spacial score (nSPS) is 22.3. The van der Waals surface area contributed by atoms with Gasteiger partial charge >= 0.3 is 0 Å². The molecule has 0 aliphatic carbocycles. The summed E-state index contributed by atoms with van der Waals surface area (Å²) in [7, 11) is 0. The number of nitrogens with zero attached hydrogens (tertiary/aromatic N) is 1. The van der Waals surface area contributed by atoms with Crippen molar-refractivity contribution >= 4 is 24.8 Å². The molecule has 0 spiro atoms. The van der Waals surface area contributed by atoms with Crippen LogP contribution in [0.25, 0.3) is 0 Å². The molecule has 1 heterocycles. The molecule has 0 amide bonds. The van der Waals surface area contributed by atoms with Gasteiger partial charge in [-0.15, -0.1) is 24.8 Å². The van der Waals surface area contributed by atoms with Crippen LogP contribution in [0.1, 0.15) is 19.8 Å². The lowest BCUT2D eigenvalue weighted by atomic mass is 10.2. The van der Waals surface area contributed by atoms with Gasteiger partial charge in [-0.1, -0.05) is 13.3 Å². The number of hydrogen-bond donors (Lipinski definition) is 1. The summed E-state index contributed by atoms with van der Waals surface area (Å²) in [4.78, 5) is 2.45. The zero-order valence-electron chi connectivity index (χ0n) is 8.78. The van der Waals surface area contributed by atoms with Crippen molar-refractivity contribution in [3.05, 3.63) is 0 Å². The Balaban J connectivity index is 0. The van der Waals surface area contributed by atoms with Crippen LogP contribution in [0.5, 0.6) is 0 Å². The van der Waals surface area contributed by atoms with Gasteiger partial charge in [0, 0.05) is 19.6 Å². The van der Waals surface area contributed by atoms with Crippen molar-refractivity contribution in [2.45, 2.75) is 25.9 Å². The molecule has 0 aromatic heterocycles. The SMILES string of the molecule is CCCCN1CCOC(CN)C1.Cl.Cl. The van der Waals surface area contributed by atoms with Gasteiger partial charge in [-0.25, -0.2) is 0 Å². The first-order chi connectivity index (χ1) is 5.86. The highest BCUT2D eigenvalue weighted by molar-refractivity contribution is 5.85. The molecule has 14 heavy (non-hydrogen) atoms. The maximum absolute atomic E-state index is 5.54. The van der Waals surface area contributed by atoms with Gasteiger partial charge in [-0.05, 0) is 13.0 Å². The van der Waals surface area contributed by atoms with Crippen molar-refractivity contribution in [3.8, 4) is 0 Å². The lowest BCUT2D eigenvalue weighted by Crippen LogP contribution is -2.45. The Morgan fingerprint density at radius 1 is 1.43 bits per heavy atom. The first-order valence-corrected chi connectivity index (χ1v) is 4.90. The third kappa shape index (κ3) is 6.04. The van der Waals surface area contributed by atoms with Crippen molar-refractivity contribution < 1.29 is 4.74 Å². The standard InChI is InChI=1S/C9H20N2O.2ClH/c1-2-3-4-11-5-6-12-9(7-10)8-11;;/h9H,2-8,10H2,1H3;2*1H. The molecule has 1 rings (SSSR count). The Labute approximate surface area is 99.2 Å². The van der Waals surface area contributed by atoms with Crippen molar-refractivity contribution in [1.82, 2.24) is 4.90 Å². The van der Waals surface area contributed by atoms with Gasteiger partial charge < -0.3 is 10.5 Å². The van der Waals surface area contributed by atoms with Crippen LogP contribution >= 0.6 is 24.8 Å². The van der Waals surface area contributed by atoms with E-state index in [0.29, 0.717) is 6.54 Å². The number of ether oxygens (including phenoxy) is 1. The highest BCUT2D eigenvalue weighted by Crippen LogP contribution is 2.04. The van der Waals surface area contributed by atoms with Gasteiger partial charge in [0.2, 0.25) is 0 Å². The molecule has 1 unspecified atom stereocenters. The molecule has 1 fully saturated rings. The van der Waals surface area contributed by atoms with Crippen LogP contribution < -0.4 is 5.73 Å². The second-order valence-corrected chi connectivity index (χ2v) is 3.38. The Kier molecular flexibility index (Phi) is 12.0. The van der Waals surface area contributed by atoms with Crippen LogP contribution in [0, 0.1) is 0 Å². The summed E-state index contributed by atoms with van der Waals surface area (Å²) in [6.45, 7) is 7.04. The molecule has 1 saturated heterocycles. The van der Waals surface area contributed by atoms with Gasteiger partial charge in [-0.3, -0.25) is 4.90 Å². The van der Waals surface area contributed by atoms with E-state index in [1.165, 1.54) is 19.4 Å². The molecule has 2 N–H and O–H groups in total. The zero-order valence-corrected chi connectivity index (χ0v) is 10.4. The zero-order chi connectivity index (χ0) is 8.81. The highest BCUT2D eigenvalue weighted by Gasteiger charge is 2.17. The summed E-state index contributed by atoms with van der Waals surface area (Å²) >= 11 is 0. The summed E-state index contributed by atoms with van der Waals surface area (Å²) in [6, 6.07) is 0. The average Bonchev–Trinajstić information content (AvgIpc) is 2.15. The Bertz CT molecular complexity index is 127. The highest BCUT2D eigenvalue weighted by atomic mass is 35.5. The molecule has 0 aromatic rings. The molecular formula is C9H22Cl2N2O. The maximum atomic E-state index is 5.54. The summed E-state index contributed by atoms with van der Waals surface area (Å²) in [5, 5.41) is 0. The van der Waals surface area contributed by atoms with E-state index in [-0.39, 0.29) is 30.9 Å². The fourth-order valence-electron chi connectivity index (χ4n) is 1.51. The van der Waals surface area contributed by atoms with Crippen molar-refractivity contribution in [1.29, 1.82) is 0 Å². The predicted octanol–water partition coefficient (Wildman–Crippen LogP) is 1.29. The molecule has 1 atom stereocenters. The third-order valence-corrected chi connectivity index (χ3v) is 2.31. The lowest BCUT2D eigenvalue weighted by Gasteiger charge is -2.32. The van der Waals surface area contributed by atoms with Gasteiger partial charge in [0.15, 0.2) is 0 Å². The monoisotopic (exact) mass is 244 g/mol. The van der Waals surface area contributed by atoms with Gasteiger partial charge in [0.1, 0.15) is 0 Å². The number of halogens is 2. The summed E-state index contributed by atoms with van der Waals surface area (Å²) in [5.41, 5.74) is 5.54. The number of unbranched alkanes of at least 4 members (excludes halogenated alkanes) is 1. The maximum Gasteiger partial charge on any atom is 0.0824 e. The molecule has 3 nitrogen and oxygen atoms in total. The summed E-state index contributed by atoms with van der Waals surface area (Å²) < 4.78 is 5.47. The second-order valence-electron chi connectivity index (χ2n) is 3.38. The van der Waals surface area contributed by atoms with E-state index in [4.69, 9.17) is 10.5 Å². The Morgan fingerprint density at radius 3 is 2.71 bits per heavy atom. The minimum absolute atomic E-state index is 0. The third-order valence-electron chi connectivity index (χ3n) is 2.31. The van der Waals surface area contributed by atoms with Crippen LogP contribution in [0.3, 0.4) is 0 Å². The second kappa shape index (κ2) is 9.99. The van der Waals surface area contributed by atoms with Crippen LogP contribution in [0.15, 0.2) is 0 Å². The molecule has 0 saturated carbocycles. The van der Waals surface area contributed by atoms with Crippen molar-refractivity contribution in [3.63, 3.8) is 0 Å². The Hall–Kier alpha value is 0.460. The molecular weight excluding hydrogens is 223 g/mol. The van der Waals surface area contributed by atoms with Crippen molar-refractivity contribution in [2.24, 2.45) is 5.73 Å². The van der Waals surface area contributed by atoms with Crippen LogP contribution in [-0.4, -0.2) is 43.8 Å². The van der Waals surface area contributed by atoms with Gasteiger partial charge in [0.25, 0.3) is 0 Å². The first kappa shape index (κ1) is 16.9. The molecule has 0 bridgehead atoms. The van der Waals surface area contributed by atoms with Crippen LogP contribution in [0.2, 0.25) is 0 Å². The number of nitrogens with two attached hydrogens (primary N) is 1. The van der Waals surface area contributed by atoms with E-state index in [0.717, 1.165) is 19.7 Å². The van der Waals surface area contributed by atoms with E-state index >= 15 is 0 Å². The van der Waals surface area contributed by atoms with E-state index < -0.39 is 0 Å². The summed E-state index contributed by atoms with van der Waals surface area (Å²) in [6.07, 6.45) is 2.83. The van der Waals surface area contributed by atoms with Gasteiger partial charge in [0.05, 0.1) is 12.7 Å². The largest absolute Gasteiger partial charge is 0.374 e. The fourth-order valence-corrected chi connectivity index (χ4v) is 1.51. The Morgan fingerprint density at radius 2 is 2.14 bits per heavy atom. The molecule has 0 aromatic carbocycles. The van der Waals surface area contributed by atoms with E-state index in [9.17, 15) is 0 Å². The van der Waals surface area contributed by atoms with Crippen LogP contribution in [-0.2, 0) is 4.74 Å². The number of morpholine rings is 1. The predicted molar refractivity (Wildman–Crippen MR) is 64.6 cm³/mol. The molecule has 1 aliphatic rings. The minimum atomic E-state index is 0. The quantitative estimate of drug-likeness (QED) is 0.811. The lowest BCUT2D eigenvalue weighted by molar-refractivity contribution is -0.0233. The van der Waals surface area contributed by atoms with Crippen LogP contribution in [0.4, 0.5) is 0 Å². The minimum Gasteiger partial charge on any atom is -0.374 e. The number of rotatable bonds is 4. The molecule has 5 heteroatoms. The first-order valence-electron chi connectivity index (χ1n) is 4.90. The smallest absolute Gasteiger partial charge is 0.0824 e. The average molecular weight is 245 g/mol. The molecule has 0 radical (unpaired) electrons. The van der Waals surface area contributed by atoms with Crippen molar-refractivity contribution in [2.75, 3.05) is 32.8 Å². The molecule has 88 valence electrons. The van der Waals surface area contributed by atoms with E-state index in [1.54, 1.807) is 0 Å². The summed E-state index contributed by atoms with van der Waals surface area (Å²) in [5.74, 6) is 0. The van der Waals surface area contributed by atoms with Gasteiger partial charge in [-0.2, -0.15) is 0 Å². The number of hydrogen-bond acceptors (Lipinski definition) is 3. The van der Waals surface area contributed by atoms with E-state index in [2.05, 4.69) is 11.8 Å². The van der Waals surface area contributed by atoms with E-state index in [1.807, 2.05) is 0 Å².